The molecule has 2 fully saturated rings. The number of nitrogens with one attached hydrogen (secondary N) is 1. The minimum atomic E-state index is -0.667. The second-order valence-electron chi connectivity index (χ2n) is 11.2. The lowest BCUT2D eigenvalue weighted by molar-refractivity contribution is -0.0420. The zero-order chi connectivity index (χ0) is 28.7. The van der Waals surface area contributed by atoms with Gasteiger partial charge in [0, 0.05) is 53.5 Å². The molecule has 2 saturated heterocycles. The number of benzene rings is 1. The van der Waals surface area contributed by atoms with Crippen LogP contribution in [0.1, 0.15) is 51.4 Å². The van der Waals surface area contributed by atoms with E-state index in [9.17, 15) is 9.90 Å². The first kappa shape index (κ1) is 29.2. The molecule has 2 aromatic heterocycles. The molecular formula is C29H37Cl2N5O4. The van der Waals surface area contributed by atoms with Gasteiger partial charge in [0.25, 0.3) is 0 Å². The van der Waals surface area contributed by atoms with Crippen LogP contribution in [-0.4, -0.2) is 75.2 Å². The molecule has 2 aliphatic heterocycles. The van der Waals surface area contributed by atoms with Crippen LogP contribution in [-0.2, 0) is 16.0 Å². The van der Waals surface area contributed by atoms with Crippen molar-refractivity contribution >= 4 is 40.1 Å². The summed E-state index contributed by atoms with van der Waals surface area (Å²) in [5.74, 6) is 0.336. The highest BCUT2D eigenvalue weighted by molar-refractivity contribution is 6.39. The predicted octanol–water partition coefficient (Wildman–Crippen LogP) is 4.83. The summed E-state index contributed by atoms with van der Waals surface area (Å²) in [7, 11) is 0. The van der Waals surface area contributed by atoms with Gasteiger partial charge in [-0.3, -0.25) is 9.69 Å². The largest absolute Gasteiger partial charge is 0.389 e. The smallest absolute Gasteiger partial charge is 0.223 e. The van der Waals surface area contributed by atoms with E-state index in [0.717, 1.165) is 11.3 Å². The van der Waals surface area contributed by atoms with Gasteiger partial charge in [0.1, 0.15) is 0 Å². The van der Waals surface area contributed by atoms with Crippen molar-refractivity contribution in [2.24, 2.45) is 0 Å². The number of rotatable bonds is 6. The van der Waals surface area contributed by atoms with Crippen LogP contribution in [0.4, 0.5) is 5.95 Å². The molecule has 11 heteroatoms. The lowest BCUT2D eigenvalue weighted by Crippen LogP contribution is -2.49. The third kappa shape index (κ3) is 5.47. The van der Waals surface area contributed by atoms with E-state index in [1.165, 1.54) is 6.20 Å². The molecule has 2 aliphatic rings. The highest BCUT2D eigenvalue weighted by Gasteiger charge is 2.29. The van der Waals surface area contributed by atoms with Crippen LogP contribution in [0.3, 0.4) is 0 Å². The van der Waals surface area contributed by atoms with E-state index in [2.05, 4.69) is 52.4 Å². The Morgan fingerprint density at radius 2 is 1.88 bits per heavy atom. The van der Waals surface area contributed by atoms with E-state index in [-0.39, 0.29) is 36.2 Å². The fourth-order valence-electron chi connectivity index (χ4n) is 5.78. The number of aliphatic hydroxyl groups excluding tert-OH is 1. The quantitative estimate of drug-likeness (QED) is 0.421. The van der Waals surface area contributed by atoms with Crippen molar-refractivity contribution in [3.05, 3.63) is 49.9 Å². The van der Waals surface area contributed by atoms with Crippen LogP contribution in [0.5, 0.6) is 0 Å². The van der Waals surface area contributed by atoms with Gasteiger partial charge in [0.05, 0.1) is 59.4 Å². The Bertz CT molecular complexity index is 1450. The van der Waals surface area contributed by atoms with Gasteiger partial charge in [-0.1, -0.05) is 29.3 Å². The molecule has 3 aromatic rings. The van der Waals surface area contributed by atoms with Crippen molar-refractivity contribution in [2.75, 3.05) is 31.7 Å². The number of halogens is 2. The summed E-state index contributed by atoms with van der Waals surface area (Å²) in [5.41, 5.74) is 3.35. The molecule has 0 saturated carbocycles. The molecule has 4 atom stereocenters. The van der Waals surface area contributed by atoms with Crippen molar-refractivity contribution in [2.45, 2.75) is 77.9 Å². The van der Waals surface area contributed by atoms with Crippen LogP contribution < -0.4 is 10.7 Å². The number of nitrogens with zero attached hydrogens (tertiary/aromatic N) is 4. The summed E-state index contributed by atoms with van der Waals surface area (Å²) in [6, 6.07) is 3.83. The van der Waals surface area contributed by atoms with E-state index in [1.807, 2.05) is 13.0 Å². The SMILES string of the molecule is Cc1c(CN2[C@H](C)COC[C@H]2C)n(C(C)C)c2c(Cl)c(-c3nc(N[C@@H]4CCOC[C@H]4O)ncc3Cl)ccc2c1=O. The number of fused-ring (bicyclic) bond motifs is 1. The number of pyridine rings is 1. The monoisotopic (exact) mass is 589 g/mol. The van der Waals surface area contributed by atoms with Gasteiger partial charge in [-0.15, -0.1) is 0 Å². The zero-order valence-electron chi connectivity index (χ0n) is 23.6. The van der Waals surface area contributed by atoms with Gasteiger partial charge in [0.15, 0.2) is 5.43 Å². The van der Waals surface area contributed by atoms with E-state index < -0.39 is 6.10 Å². The summed E-state index contributed by atoms with van der Waals surface area (Å²) >= 11 is 13.8. The van der Waals surface area contributed by atoms with Crippen LogP contribution in [0.15, 0.2) is 23.1 Å². The Morgan fingerprint density at radius 1 is 1.15 bits per heavy atom. The second-order valence-corrected chi connectivity index (χ2v) is 12.0. The first-order chi connectivity index (χ1) is 19.1. The van der Waals surface area contributed by atoms with Gasteiger partial charge in [0.2, 0.25) is 5.95 Å². The molecule has 0 radical (unpaired) electrons. The van der Waals surface area contributed by atoms with Crippen molar-refractivity contribution in [1.29, 1.82) is 0 Å². The number of hydrogen-bond acceptors (Lipinski definition) is 8. The third-order valence-corrected chi connectivity index (χ3v) is 8.66. The summed E-state index contributed by atoms with van der Waals surface area (Å²) < 4.78 is 13.3. The van der Waals surface area contributed by atoms with Crippen molar-refractivity contribution in [1.82, 2.24) is 19.4 Å². The van der Waals surface area contributed by atoms with Gasteiger partial charge < -0.3 is 24.5 Å². The number of aromatic nitrogens is 3. The number of aliphatic hydroxyl groups is 1. The van der Waals surface area contributed by atoms with Crippen LogP contribution >= 0.6 is 23.2 Å². The standard InChI is InChI=1S/C29H37Cl2N5O4/c1-15(2)36-23(11-35-16(3)12-40-13-17(35)4)18(5)28(38)20-7-6-19(25(31)27(20)36)26-21(30)10-32-29(34-26)33-22-8-9-39-14-24(22)37/h6-7,10,15-17,22,24,37H,8-9,11-14H2,1-5H3,(H,32,33,34)/t16-,17-,22-,24-/m1/s1. The maximum atomic E-state index is 13.7. The Morgan fingerprint density at radius 3 is 2.55 bits per heavy atom. The fourth-order valence-corrected chi connectivity index (χ4v) is 6.32. The molecule has 216 valence electrons. The maximum Gasteiger partial charge on any atom is 0.223 e. The number of anilines is 1. The minimum absolute atomic E-state index is 0.0318. The molecule has 0 aliphatic carbocycles. The topological polar surface area (TPSA) is 102 Å². The highest BCUT2D eigenvalue weighted by atomic mass is 35.5. The van der Waals surface area contributed by atoms with Gasteiger partial charge in [-0.2, -0.15) is 0 Å². The molecule has 0 amide bonds. The first-order valence-electron chi connectivity index (χ1n) is 13.8. The molecule has 1 aromatic carbocycles. The Labute approximate surface area is 244 Å². The summed E-state index contributed by atoms with van der Waals surface area (Å²) in [5, 5.41) is 14.8. The lowest BCUT2D eigenvalue weighted by atomic mass is 10.0. The maximum absolute atomic E-state index is 13.7. The van der Waals surface area contributed by atoms with Crippen molar-refractivity contribution in [3.63, 3.8) is 0 Å². The predicted molar refractivity (Wildman–Crippen MR) is 159 cm³/mol. The number of ether oxygens (including phenoxy) is 2. The van der Waals surface area contributed by atoms with Crippen LogP contribution in [0.2, 0.25) is 10.0 Å². The molecule has 40 heavy (non-hydrogen) atoms. The Balaban J connectivity index is 1.64. The Hall–Kier alpha value is -2.27. The summed E-state index contributed by atoms with van der Waals surface area (Å²) in [4.78, 5) is 25.1. The average molecular weight is 591 g/mol. The average Bonchev–Trinajstić information content (AvgIpc) is 2.91. The van der Waals surface area contributed by atoms with Crippen molar-refractivity contribution < 1.29 is 14.6 Å². The van der Waals surface area contributed by atoms with Gasteiger partial charge in [-0.05, 0) is 47.1 Å². The lowest BCUT2D eigenvalue weighted by Gasteiger charge is -2.40. The Kier molecular flexibility index (Phi) is 8.71. The molecule has 2 N–H and O–H groups in total. The van der Waals surface area contributed by atoms with Crippen LogP contribution in [0.25, 0.3) is 22.2 Å². The molecular weight excluding hydrogens is 553 g/mol. The van der Waals surface area contributed by atoms with E-state index in [1.54, 1.807) is 6.07 Å². The normalized spacial score (nSPS) is 24.1. The molecule has 5 rings (SSSR count). The summed E-state index contributed by atoms with van der Waals surface area (Å²) in [6.45, 7) is 13.1. The van der Waals surface area contributed by atoms with Gasteiger partial charge >= 0.3 is 0 Å². The second kappa shape index (κ2) is 11.9. The van der Waals surface area contributed by atoms with Crippen molar-refractivity contribution in [3.8, 4) is 11.3 Å². The molecule has 0 unspecified atom stereocenters. The third-order valence-electron chi connectivity index (χ3n) is 8.01. The highest BCUT2D eigenvalue weighted by Crippen LogP contribution is 2.38. The van der Waals surface area contributed by atoms with E-state index >= 15 is 0 Å². The first-order valence-corrected chi connectivity index (χ1v) is 14.6. The van der Waals surface area contributed by atoms with Gasteiger partial charge in [-0.25, -0.2) is 9.97 Å². The summed E-state index contributed by atoms with van der Waals surface area (Å²) in [6.07, 6.45) is 1.48. The number of hydrogen-bond donors (Lipinski definition) is 2. The molecule has 9 nitrogen and oxygen atoms in total. The number of morpholine rings is 1. The minimum Gasteiger partial charge on any atom is -0.389 e. The zero-order valence-corrected chi connectivity index (χ0v) is 25.1. The fraction of sp³-hybridized carbons (Fsp3) is 0.552. The van der Waals surface area contributed by atoms with E-state index in [0.29, 0.717) is 70.9 Å². The van der Waals surface area contributed by atoms with Crippen LogP contribution in [0, 0.1) is 6.92 Å². The van der Waals surface area contributed by atoms with E-state index in [4.69, 9.17) is 32.7 Å². The molecule has 0 bridgehead atoms. The molecule has 4 heterocycles. The molecule has 0 spiro atoms.